The molecule has 1 fully saturated rings. The van der Waals surface area contributed by atoms with Crippen LogP contribution >= 0.6 is 11.3 Å². The van der Waals surface area contributed by atoms with Crippen molar-refractivity contribution in [2.75, 3.05) is 6.54 Å². The number of hydrogen-bond donors (Lipinski definition) is 1. The van der Waals surface area contributed by atoms with Crippen LogP contribution in [0.25, 0.3) is 0 Å². The van der Waals surface area contributed by atoms with Gasteiger partial charge in [-0.15, -0.1) is 11.3 Å². The van der Waals surface area contributed by atoms with Crippen molar-refractivity contribution in [3.8, 4) is 0 Å². The molecular formula is C15H17N3O3S. The van der Waals surface area contributed by atoms with Gasteiger partial charge in [0.1, 0.15) is 16.7 Å². The number of carbonyl (C=O) groups is 2. The number of nitrogens with zero attached hydrogens (tertiary/aromatic N) is 2. The molecule has 0 radical (unpaired) electrons. The Morgan fingerprint density at radius 1 is 1.55 bits per heavy atom. The van der Waals surface area contributed by atoms with E-state index in [1.165, 1.54) is 11.3 Å². The van der Waals surface area contributed by atoms with Gasteiger partial charge in [-0.1, -0.05) is 0 Å². The molecule has 0 saturated carbocycles. The highest BCUT2D eigenvalue weighted by Crippen LogP contribution is 2.23. The zero-order valence-corrected chi connectivity index (χ0v) is 13.1. The van der Waals surface area contributed by atoms with Gasteiger partial charge in [0.2, 0.25) is 5.91 Å². The first-order valence-electron chi connectivity index (χ1n) is 7.18. The molecule has 2 aromatic rings. The summed E-state index contributed by atoms with van der Waals surface area (Å²) in [4.78, 5) is 31.3. The smallest absolute Gasteiger partial charge is 0.266 e. The molecule has 0 aromatic carbocycles. The van der Waals surface area contributed by atoms with E-state index >= 15 is 0 Å². The first-order chi connectivity index (χ1) is 10.7. The Morgan fingerprint density at radius 2 is 2.41 bits per heavy atom. The third-order valence-corrected chi connectivity index (χ3v) is 4.69. The van der Waals surface area contributed by atoms with Crippen LogP contribution in [0.4, 0.5) is 0 Å². The molecule has 0 spiro atoms. The first kappa shape index (κ1) is 14.8. The molecule has 2 amide bonds. The molecule has 1 saturated heterocycles. The van der Waals surface area contributed by atoms with Gasteiger partial charge in [-0.25, -0.2) is 4.98 Å². The lowest BCUT2D eigenvalue weighted by Gasteiger charge is -2.23. The molecule has 3 rings (SSSR count). The van der Waals surface area contributed by atoms with E-state index in [9.17, 15) is 9.59 Å². The van der Waals surface area contributed by atoms with Gasteiger partial charge < -0.3 is 14.6 Å². The molecule has 1 N–H and O–H groups in total. The Morgan fingerprint density at radius 3 is 3.09 bits per heavy atom. The van der Waals surface area contributed by atoms with Crippen molar-refractivity contribution in [3.05, 3.63) is 40.2 Å². The fourth-order valence-electron chi connectivity index (χ4n) is 2.63. The minimum absolute atomic E-state index is 0.101. The van der Waals surface area contributed by atoms with Crippen molar-refractivity contribution in [1.29, 1.82) is 0 Å². The van der Waals surface area contributed by atoms with E-state index in [0.29, 0.717) is 30.1 Å². The van der Waals surface area contributed by atoms with Crippen LogP contribution in [0.15, 0.2) is 28.3 Å². The number of likely N-dealkylation sites (tertiary alicyclic amines) is 1. The molecule has 1 unspecified atom stereocenters. The van der Waals surface area contributed by atoms with Gasteiger partial charge in [-0.2, -0.15) is 0 Å². The van der Waals surface area contributed by atoms with Crippen LogP contribution in [0.3, 0.4) is 0 Å². The molecule has 7 heteroatoms. The summed E-state index contributed by atoms with van der Waals surface area (Å²) in [5.41, 5.74) is 2.38. The fourth-order valence-corrected chi connectivity index (χ4v) is 3.38. The zero-order valence-electron chi connectivity index (χ0n) is 12.2. The summed E-state index contributed by atoms with van der Waals surface area (Å²) in [6, 6.07) is 3.17. The summed E-state index contributed by atoms with van der Waals surface area (Å²) in [5, 5.41) is 2.83. The van der Waals surface area contributed by atoms with E-state index < -0.39 is 6.04 Å². The van der Waals surface area contributed by atoms with Crippen molar-refractivity contribution in [1.82, 2.24) is 15.2 Å². The topological polar surface area (TPSA) is 75.4 Å². The van der Waals surface area contributed by atoms with Gasteiger partial charge in [0.15, 0.2) is 0 Å². The maximum atomic E-state index is 12.6. The summed E-state index contributed by atoms with van der Waals surface area (Å²) in [6.45, 7) is 2.75. The Bertz CT molecular complexity index is 665. The van der Waals surface area contributed by atoms with Crippen molar-refractivity contribution in [3.63, 3.8) is 0 Å². The maximum absolute atomic E-state index is 12.6. The molecule has 0 aliphatic carbocycles. The Kier molecular flexibility index (Phi) is 4.24. The highest BCUT2D eigenvalue weighted by Gasteiger charge is 2.35. The monoisotopic (exact) mass is 319 g/mol. The van der Waals surface area contributed by atoms with Crippen LogP contribution in [-0.2, 0) is 11.3 Å². The Balaban J connectivity index is 1.66. The van der Waals surface area contributed by atoms with Crippen molar-refractivity contribution < 1.29 is 14.0 Å². The second-order valence-corrected chi connectivity index (χ2v) is 6.08. The second kappa shape index (κ2) is 6.31. The fraction of sp³-hybridized carbons (Fsp3) is 0.400. The lowest BCUT2D eigenvalue weighted by atomic mass is 10.2. The SMILES string of the molecule is Cc1ncsc1C(=O)N1CCCC1C(=O)NCc1ccco1. The highest BCUT2D eigenvalue weighted by atomic mass is 32.1. The lowest BCUT2D eigenvalue weighted by Crippen LogP contribution is -2.45. The quantitative estimate of drug-likeness (QED) is 0.935. The zero-order chi connectivity index (χ0) is 15.5. The molecule has 2 aromatic heterocycles. The molecule has 0 bridgehead atoms. The molecule has 6 nitrogen and oxygen atoms in total. The van der Waals surface area contributed by atoms with E-state index in [1.807, 2.05) is 6.92 Å². The molecule has 116 valence electrons. The number of carbonyl (C=O) groups excluding carboxylic acids is 2. The van der Waals surface area contributed by atoms with Gasteiger partial charge in [0.05, 0.1) is 24.0 Å². The number of rotatable bonds is 4. The number of furan rings is 1. The maximum Gasteiger partial charge on any atom is 0.266 e. The first-order valence-corrected chi connectivity index (χ1v) is 8.06. The van der Waals surface area contributed by atoms with Crippen LogP contribution in [0.2, 0.25) is 0 Å². The van der Waals surface area contributed by atoms with Crippen LogP contribution in [-0.4, -0.2) is 34.3 Å². The van der Waals surface area contributed by atoms with Crippen LogP contribution in [0.1, 0.15) is 34.0 Å². The van der Waals surface area contributed by atoms with Gasteiger partial charge in [-0.3, -0.25) is 9.59 Å². The van der Waals surface area contributed by atoms with Crippen molar-refractivity contribution in [2.24, 2.45) is 0 Å². The normalized spacial score (nSPS) is 17.7. The van der Waals surface area contributed by atoms with Crippen molar-refractivity contribution in [2.45, 2.75) is 32.4 Å². The number of aromatic nitrogens is 1. The minimum Gasteiger partial charge on any atom is -0.467 e. The molecule has 22 heavy (non-hydrogen) atoms. The number of amides is 2. The number of nitrogens with one attached hydrogen (secondary N) is 1. The Labute approximate surface area is 132 Å². The third-order valence-electron chi connectivity index (χ3n) is 3.77. The van der Waals surface area contributed by atoms with Crippen LogP contribution in [0, 0.1) is 6.92 Å². The summed E-state index contributed by atoms with van der Waals surface area (Å²) < 4.78 is 5.19. The Hall–Kier alpha value is -2.15. The average molecular weight is 319 g/mol. The molecule has 1 aliphatic heterocycles. The van der Waals surface area contributed by atoms with E-state index in [1.54, 1.807) is 28.8 Å². The number of hydrogen-bond acceptors (Lipinski definition) is 5. The standard InChI is InChI=1S/C15H17N3O3S/c1-10-13(22-9-17-10)15(20)18-6-2-5-12(18)14(19)16-8-11-4-3-7-21-11/h3-4,7,9,12H,2,5-6,8H2,1H3,(H,16,19). The molecular weight excluding hydrogens is 302 g/mol. The summed E-state index contributed by atoms with van der Waals surface area (Å²) >= 11 is 1.32. The van der Waals surface area contributed by atoms with Gasteiger partial charge in [0, 0.05) is 6.54 Å². The molecule has 1 atom stereocenters. The predicted octanol–water partition coefficient (Wildman–Crippen LogP) is 1.97. The average Bonchev–Trinajstić information content (AvgIpc) is 3.25. The largest absolute Gasteiger partial charge is 0.467 e. The second-order valence-electron chi connectivity index (χ2n) is 5.22. The lowest BCUT2D eigenvalue weighted by molar-refractivity contribution is -0.125. The van der Waals surface area contributed by atoms with Crippen molar-refractivity contribution >= 4 is 23.2 Å². The van der Waals surface area contributed by atoms with Crippen LogP contribution in [0.5, 0.6) is 0 Å². The summed E-state index contributed by atoms with van der Waals surface area (Å²) in [7, 11) is 0. The van der Waals surface area contributed by atoms with E-state index in [0.717, 1.165) is 12.1 Å². The van der Waals surface area contributed by atoms with Gasteiger partial charge in [-0.05, 0) is 31.9 Å². The van der Waals surface area contributed by atoms with E-state index in [-0.39, 0.29) is 11.8 Å². The summed E-state index contributed by atoms with van der Waals surface area (Å²) in [5.74, 6) is 0.461. The summed E-state index contributed by atoms with van der Waals surface area (Å²) in [6.07, 6.45) is 3.09. The van der Waals surface area contributed by atoms with E-state index in [2.05, 4.69) is 10.3 Å². The van der Waals surface area contributed by atoms with Gasteiger partial charge in [0.25, 0.3) is 5.91 Å². The number of thiazole rings is 1. The number of aryl methyl sites for hydroxylation is 1. The minimum atomic E-state index is -0.413. The molecule has 1 aliphatic rings. The predicted molar refractivity (Wildman–Crippen MR) is 81.5 cm³/mol. The molecule has 3 heterocycles. The highest BCUT2D eigenvalue weighted by molar-refractivity contribution is 7.11. The van der Waals surface area contributed by atoms with E-state index in [4.69, 9.17) is 4.42 Å². The van der Waals surface area contributed by atoms with Gasteiger partial charge >= 0.3 is 0 Å². The third kappa shape index (κ3) is 2.89. The van der Waals surface area contributed by atoms with Crippen LogP contribution < -0.4 is 5.32 Å².